The number of carbonyl (C=O) groups excluding carboxylic acids is 1. The molecule has 0 fully saturated rings. The number of ketones is 1. The maximum absolute atomic E-state index is 12.8. The molecule has 0 N–H and O–H groups in total. The third kappa shape index (κ3) is 2.92. The number of rotatable bonds is 4. The summed E-state index contributed by atoms with van der Waals surface area (Å²) in [6.45, 7) is 5.81. The minimum Gasteiger partial charge on any atom is -0.496 e. The average Bonchev–Trinajstić information content (AvgIpc) is 2.48. The first-order chi connectivity index (χ1) is 9.97. The number of aryl methyl sites for hydroxylation is 3. The summed E-state index contributed by atoms with van der Waals surface area (Å²) in [4.78, 5) is 12.8. The predicted molar refractivity (Wildman–Crippen MR) is 83.6 cm³/mol. The van der Waals surface area contributed by atoms with Gasteiger partial charge in [-0.1, -0.05) is 11.6 Å². The van der Waals surface area contributed by atoms with E-state index < -0.39 is 0 Å². The topological polar surface area (TPSA) is 35.5 Å². The highest BCUT2D eigenvalue weighted by atomic mass is 16.5. The Hall–Kier alpha value is -2.29. The second kappa shape index (κ2) is 6.00. The number of ether oxygens (including phenoxy) is 2. The highest BCUT2D eigenvalue weighted by Gasteiger charge is 2.18. The Morgan fingerprint density at radius 2 is 1.48 bits per heavy atom. The quantitative estimate of drug-likeness (QED) is 0.800. The third-order valence-corrected chi connectivity index (χ3v) is 3.59. The second-order valence-corrected chi connectivity index (χ2v) is 5.17. The minimum absolute atomic E-state index is 0.0289. The Morgan fingerprint density at radius 3 is 2.10 bits per heavy atom. The molecule has 0 spiro atoms. The molecule has 110 valence electrons. The molecule has 0 aliphatic heterocycles. The van der Waals surface area contributed by atoms with Gasteiger partial charge < -0.3 is 9.47 Å². The zero-order valence-electron chi connectivity index (χ0n) is 13.1. The average molecular weight is 284 g/mol. The van der Waals surface area contributed by atoms with Crippen molar-refractivity contribution in [2.75, 3.05) is 14.2 Å². The van der Waals surface area contributed by atoms with Gasteiger partial charge in [-0.3, -0.25) is 4.79 Å². The SMILES string of the molecule is COc1cc(C)c(C(=O)c2cc(C)ccc2OC)cc1C. The number of carbonyl (C=O) groups is 1. The van der Waals surface area contributed by atoms with E-state index in [1.54, 1.807) is 14.2 Å². The van der Waals surface area contributed by atoms with Crippen molar-refractivity contribution in [3.8, 4) is 11.5 Å². The maximum Gasteiger partial charge on any atom is 0.197 e. The summed E-state index contributed by atoms with van der Waals surface area (Å²) in [7, 11) is 3.21. The van der Waals surface area contributed by atoms with Crippen molar-refractivity contribution < 1.29 is 14.3 Å². The van der Waals surface area contributed by atoms with E-state index >= 15 is 0 Å². The lowest BCUT2D eigenvalue weighted by molar-refractivity contribution is 0.103. The first-order valence-corrected chi connectivity index (χ1v) is 6.82. The zero-order chi connectivity index (χ0) is 15.6. The predicted octanol–water partition coefficient (Wildman–Crippen LogP) is 3.86. The molecule has 0 aliphatic rings. The molecule has 21 heavy (non-hydrogen) atoms. The Bertz CT molecular complexity index is 687. The Morgan fingerprint density at radius 1 is 0.810 bits per heavy atom. The van der Waals surface area contributed by atoms with E-state index in [1.807, 2.05) is 51.1 Å². The van der Waals surface area contributed by atoms with Crippen LogP contribution in [0.4, 0.5) is 0 Å². The summed E-state index contributed by atoms with van der Waals surface area (Å²) < 4.78 is 10.6. The fourth-order valence-electron chi connectivity index (χ4n) is 2.40. The molecule has 0 heterocycles. The summed E-state index contributed by atoms with van der Waals surface area (Å²) in [6, 6.07) is 9.39. The Labute approximate surface area is 125 Å². The molecule has 0 saturated carbocycles. The van der Waals surface area contributed by atoms with Gasteiger partial charge >= 0.3 is 0 Å². The standard InChI is InChI=1S/C18H20O3/c1-11-6-7-16(20-4)15(8-11)18(19)14-9-13(3)17(21-5)10-12(14)2/h6-10H,1-5H3. The van der Waals surface area contributed by atoms with Gasteiger partial charge in [-0.15, -0.1) is 0 Å². The van der Waals surface area contributed by atoms with Crippen LogP contribution in [0.25, 0.3) is 0 Å². The number of methoxy groups -OCH3 is 2. The summed E-state index contributed by atoms with van der Waals surface area (Å²) in [5.41, 5.74) is 4.13. The molecule has 0 atom stereocenters. The molecule has 3 nitrogen and oxygen atoms in total. The van der Waals surface area contributed by atoms with Crippen molar-refractivity contribution in [3.63, 3.8) is 0 Å². The summed E-state index contributed by atoms with van der Waals surface area (Å²) in [5, 5.41) is 0. The highest BCUT2D eigenvalue weighted by Crippen LogP contribution is 2.28. The lowest BCUT2D eigenvalue weighted by atomic mass is 9.95. The molecule has 0 aromatic heterocycles. The van der Waals surface area contributed by atoms with Gasteiger partial charge in [0.15, 0.2) is 5.78 Å². The third-order valence-electron chi connectivity index (χ3n) is 3.59. The summed E-state index contributed by atoms with van der Waals surface area (Å²) in [6.07, 6.45) is 0. The number of benzene rings is 2. The lowest BCUT2D eigenvalue weighted by Crippen LogP contribution is -2.07. The van der Waals surface area contributed by atoms with Gasteiger partial charge in [0, 0.05) is 5.56 Å². The highest BCUT2D eigenvalue weighted by molar-refractivity contribution is 6.11. The molecular formula is C18H20O3. The molecule has 0 aliphatic carbocycles. The molecule has 2 aromatic rings. The summed E-state index contributed by atoms with van der Waals surface area (Å²) in [5.74, 6) is 1.36. The van der Waals surface area contributed by atoms with Crippen molar-refractivity contribution >= 4 is 5.78 Å². The fourth-order valence-corrected chi connectivity index (χ4v) is 2.40. The normalized spacial score (nSPS) is 10.3. The van der Waals surface area contributed by atoms with Crippen molar-refractivity contribution in [2.45, 2.75) is 20.8 Å². The number of hydrogen-bond donors (Lipinski definition) is 0. The van der Waals surface area contributed by atoms with Crippen LogP contribution in [0.15, 0.2) is 30.3 Å². The van der Waals surface area contributed by atoms with Crippen LogP contribution < -0.4 is 9.47 Å². The van der Waals surface area contributed by atoms with E-state index in [1.165, 1.54) is 0 Å². The largest absolute Gasteiger partial charge is 0.496 e. The molecule has 3 heteroatoms. The number of hydrogen-bond acceptors (Lipinski definition) is 3. The van der Waals surface area contributed by atoms with Crippen LogP contribution in [-0.2, 0) is 0 Å². The van der Waals surface area contributed by atoms with Crippen LogP contribution in [0, 0.1) is 20.8 Å². The van der Waals surface area contributed by atoms with Gasteiger partial charge in [0.05, 0.1) is 19.8 Å². The van der Waals surface area contributed by atoms with Crippen LogP contribution >= 0.6 is 0 Å². The van der Waals surface area contributed by atoms with Crippen LogP contribution in [0.1, 0.15) is 32.6 Å². The van der Waals surface area contributed by atoms with Crippen LogP contribution in [0.5, 0.6) is 11.5 Å². The van der Waals surface area contributed by atoms with E-state index in [-0.39, 0.29) is 5.78 Å². The van der Waals surface area contributed by atoms with Crippen molar-refractivity contribution in [1.82, 2.24) is 0 Å². The van der Waals surface area contributed by atoms with E-state index in [4.69, 9.17) is 9.47 Å². The molecule has 0 amide bonds. The Kier molecular flexibility index (Phi) is 4.32. The molecule has 0 bridgehead atoms. The molecule has 0 saturated heterocycles. The van der Waals surface area contributed by atoms with E-state index in [2.05, 4.69) is 0 Å². The molecular weight excluding hydrogens is 264 g/mol. The van der Waals surface area contributed by atoms with Gasteiger partial charge in [0.1, 0.15) is 11.5 Å². The van der Waals surface area contributed by atoms with Gasteiger partial charge in [-0.25, -0.2) is 0 Å². The molecule has 0 radical (unpaired) electrons. The second-order valence-electron chi connectivity index (χ2n) is 5.17. The lowest BCUT2D eigenvalue weighted by Gasteiger charge is -2.13. The first kappa shape index (κ1) is 15.1. The van der Waals surface area contributed by atoms with Gasteiger partial charge in [0.25, 0.3) is 0 Å². The zero-order valence-corrected chi connectivity index (χ0v) is 13.1. The van der Waals surface area contributed by atoms with Crippen molar-refractivity contribution in [3.05, 3.63) is 58.1 Å². The van der Waals surface area contributed by atoms with E-state index in [0.29, 0.717) is 16.9 Å². The molecule has 2 aromatic carbocycles. The maximum atomic E-state index is 12.8. The first-order valence-electron chi connectivity index (χ1n) is 6.82. The molecule has 0 unspecified atom stereocenters. The van der Waals surface area contributed by atoms with Gasteiger partial charge in [-0.05, 0) is 56.2 Å². The smallest absolute Gasteiger partial charge is 0.197 e. The van der Waals surface area contributed by atoms with Crippen LogP contribution in [0.2, 0.25) is 0 Å². The van der Waals surface area contributed by atoms with E-state index in [9.17, 15) is 4.79 Å². The fraction of sp³-hybridized carbons (Fsp3) is 0.278. The van der Waals surface area contributed by atoms with Crippen molar-refractivity contribution in [1.29, 1.82) is 0 Å². The monoisotopic (exact) mass is 284 g/mol. The van der Waals surface area contributed by atoms with Crippen molar-refractivity contribution in [2.24, 2.45) is 0 Å². The van der Waals surface area contributed by atoms with Crippen LogP contribution in [-0.4, -0.2) is 20.0 Å². The van der Waals surface area contributed by atoms with Gasteiger partial charge in [-0.2, -0.15) is 0 Å². The molecule has 2 rings (SSSR count). The summed E-state index contributed by atoms with van der Waals surface area (Å²) >= 11 is 0. The van der Waals surface area contributed by atoms with Gasteiger partial charge in [0.2, 0.25) is 0 Å². The Balaban J connectivity index is 2.55. The van der Waals surface area contributed by atoms with E-state index in [0.717, 1.165) is 22.4 Å². The minimum atomic E-state index is -0.0289. The van der Waals surface area contributed by atoms with Crippen LogP contribution in [0.3, 0.4) is 0 Å².